The normalized spacial score (nSPS) is 16.9. The largest absolute Gasteiger partial charge is 0.350 e. The lowest BCUT2D eigenvalue weighted by Gasteiger charge is -2.33. The van der Waals surface area contributed by atoms with Crippen molar-refractivity contribution >= 4 is 11.8 Å². The predicted molar refractivity (Wildman–Crippen MR) is 83.9 cm³/mol. The maximum atomic E-state index is 12.9. The molecule has 0 aliphatic carbocycles. The quantitative estimate of drug-likeness (QED) is 0.944. The molecule has 1 heterocycles. The van der Waals surface area contributed by atoms with Crippen LogP contribution in [0.1, 0.15) is 22.7 Å². The van der Waals surface area contributed by atoms with E-state index in [-0.39, 0.29) is 17.6 Å². The fourth-order valence-corrected chi connectivity index (χ4v) is 2.81. The zero-order valence-electron chi connectivity index (χ0n) is 12.8. The van der Waals surface area contributed by atoms with E-state index in [9.17, 15) is 14.0 Å². The van der Waals surface area contributed by atoms with Gasteiger partial charge in [0.25, 0.3) is 0 Å². The molecule has 0 bridgehead atoms. The van der Waals surface area contributed by atoms with E-state index < -0.39 is 6.04 Å². The maximum absolute atomic E-state index is 12.9. The zero-order valence-corrected chi connectivity index (χ0v) is 12.8. The van der Waals surface area contributed by atoms with E-state index in [1.54, 1.807) is 19.2 Å². The molecule has 1 N–H and O–H groups in total. The minimum atomic E-state index is -0.632. The maximum Gasteiger partial charge on any atom is 0.247 e. The second kappa shape index (κ2) is 6.20. The van der Waals surface area contributed by atoms with E-state index in [0.29, 0.717) is 13.0 Å². The van der Waals surface area contributed by atoms with Gasteiger partial charge in [-0.05, 0) is 28.8 Å². The van der Waals surface area contributed by atoms with Crippen molar-refractivity contribution in [2.75, 3.05) is 7.05 Å². The summed E-state index contributed by atoms with van der Waals surface area (Å²) in [5.74, 6) is -0.630. The number of carbonyl (C=O) groups is 2. The molecular weight excluding hydrogens is 295 g/mol. The monoisotopic (exact) mass is 312 g/mol. The Bertz CT molecular complexity index is 743. The Kier molecular flexibility index (Phi) is 4.10. The smallest absolute Gasteiger partial charge is 0.247 e. The van der Waals surface area contributed by atoms with Gasteiger partial charge in [0.15, 0.2) is 0 Å². The van der Waals surface area contributed by atoms with Gasteiger partial charge in [0, 0.05) is 13.6 Å². The van der Waals surface area contributed by atoms with Crippen LogP contribution in [0, 0.1) is 5.82 Å². The second-order valence-electron chi connectivity index (χ2n) is 5.63. The number of benzene rings is 2. The molecule has 0 saturated carbocycles. The van der Waals surface area contributed by atoms with E-state index >= 15 is 0 Å². The zero-order chi connectivity index (χ0) is 16.4. The lowest BCUT2D eigenvalue weighted by atomic mass is 9.92. The molecule has 0 unspecified atom stereocenters. The van der Waals surface area contributed by atoms with Crippen LogP contribution in [0.5, 0.6) is 0 Å². The molecule has 4 nitrogen and oxygen atoms in total. The van der Waals surface area contributed by atoms with Gasteiger partial charge >= 0.3 is 0 Å². The van der Waals surface area contributed by atoms with Gasteiger partial charge in [-0.1, -0.05) is 36.4 Å². The second-order valence-corrected chi connectivity index (χ2v) is 5.63. The van der Waals surface area contributed by atoms with Crippen molar-refractivity contribution in [1.29, 1.82) is 0 Å². The van der Waals surface area contributed by atoms with Crippen molar-refractivity contribution in [3.8, 4) is 0 Å². The summed E-state index contributed by atoms with van der Waals surface area (Å²) in [4.78, 5) is 26.1. The number of likely N-dealkylation sites (N-methyl/N-ethyl adjacent to an activating group) is 1. The number of nitrogens with zero attached hydrogens (tertiary/aromatic N) is 1. The summed E-state index contributed by atoms with van der Waals surface area (Å²) >= 11 is 0. The molecule has 23 heavy (non-hydrogen) atoms. The highest BCUT2D eigenvalue weighted by atomic mass is 19.1. The van der Waals surface area contributed by atoms with Gasteiger partial charge in [0.05, 0.1) is 6.42 Å². The first-order chi connectivity index (χ1) is 11.1. The Morgan fingerprint density at radius 2 is 1.91 bits per heavy atom. The highest BCUT2D eigenvalue weighted by Gasteiger charge is 2.34. The number of fused-ring (bicyclic) bond motifs is 1. The fourth-order valence-electron chi connectivity index (χ4n) is 2.81. The summed E-state index contributed by atoms with van der Waals surface area (Å²) in [5, 5.41) is 2.82. The molecule has 2 aromatic carbocycles. The van der Waals surface area contributed by atoms with Gasteiger partial charge in [-0.3, -0.25) is 9.59 Å². The molecule has 0 fully saturated rings. The van der Waals surface area contributed by atoms with E-state index in [1.807, 2.05) is 24.3 Å². The molecule has 0 saturated heterocycles. The molecule has 0 spiro atoms. The van der Waals surface area contributed by atoms with Gasteiger partial charge in [0.1, 0.15) is 11.9 Å². The number of carbonyl (C=O) groups excluding carboxylic acids is 2. The Balaban J connectivity index is 1.78. The first-order valence-electron chi connectivity index (χ1n) is 7.42. The number of halogens is 1. The summed E-state index contributed by atoms with van der Waals surface area (Å²) in [7, 11) is 1.64. The van der Waals surface area contributed by atoms with Gasteiger partial charge in [0.2, 0.25) is 11.8 Å². The van der Waals surface area contributed by atoms with Crippen molar-refractivity contribution < 1.29 is 14.0 Å². The van der Waals surface area contributed by atoms with E-state index in [0.717, 1.165) is 16.7 Å². The lowest BCUT2D eigenvalue weighted by molar-refractivity contribution is -0.140. The van der Waals surface area contributed by atoms with Crippen LogP contribution in [0.4, 0.5) is 4.39 Å². The van der Waals surface area contributed by atoms with E-state index in [1.165, 1.54) is 17.0 Å². The Morgan fingerprint density at radius 3 is 2.65 bits per heavy atom. The van der Waals surface area contributed by atoms with Crippen LogP contribution in [-0.2, 0) is 22.6 Å². The number of hydrogen-bond acceptors (Lipinski definition) is 2. The molecule has 3 rings (SSSR count). The predicted octanol–water partition coefficient (Wildman–Crippen LogP) is 2.20. The lowest BCUT2D eigenvalue weighted by Crippen LogP contribution is -2.45. The minimum absolute atomic E-state index is 0.0781. The number of hydrogen-bond donors (Lipinski definition) is 1. The van der Waals surface area contributed by atoms with Crippen molar-refractivity contribution in [2.45, 2.75) is 19.0 Å². The highest BCUT2D eigenvalue weighted by molar-refractivity contribution is 5.92. The molecule has 118 valence electrons. The van der Waals surface area contributed by atoms with Crippen molar-refractivity contribution in [3.63, 3.8) is 0 Å². The number of rotatable bonds is 3. The van der Waals surface area contributed by atoms with Crippen molar-refractivity contribution in [2.24, 2.45) is 0 Å². The summed E-state index contributed by atoms with van der Waals surface area (Å²) in [6.07, 6.45) is 0.314. The average molecular weight is 312 g/mol. The molecule has 2 aromatic rings. The van der Waals surface area contributed by atoms with Crippen LogP contribution >= 0.6 is 0 Å². The van der Waals surface area contributed by atoms with Crippen LogP contribution in [0.3, 0.4) is 0 Å². The molecular formula is C18H17FN2O2. The summed E-state index contributed by atoms with van der Waals surface area (Å²) < 4.78 is 12.9. The Morgan fingerprint density at radius 1 is 1.22 bits per heavy atom. The fraction of sp³-hybridized carbons (Fsp3) is 0.222. The van der Waals surface area contributed by atoms with Gasteiger partial charge in [-0.15, -0.1) is 0 Å². The average Bonchev–Trinajstić information content (AvgIpc) is 2.55. The van der Waals surface area contributed by atoms with Crippen LogP contribution in [0.25, 0.3) is 0 Å². The van der Waals surface area contributed by atoms with Gasteiger partial charge in [-0.25, -0.2) is 4.39 Å². The third-order valence-corrected chi connectivity index (χ3v) is 4.10. The molecule has 1 aliphatic rings. The van der Waals surface area contributed by atoms with Crippen molar-refractivity contribution in [3.05, 3.63) is 71.0 Å². The Labute approximate surface area is 133 Å². The Hall–Kier alpha value is -2.69. The minimum Gasteiger partial charge on any atom is -0.350 e. The number of nitrogens with one attached hydrogen (secondary N) is 1. The summed E-state index contributed by atoms with van der Waals surface area (Å²) in [5.41, 5.74) is 2.54. The molecule has 1 atom stereocenters. The third kappa shape index (κ3) is 3.08. The van der Waals surface area contributed by atoms with Gasteiger partial charge in [-0.2, -0.15) is 0 Å². The van der Waals surface area contributed by atoms with Gasteiger partial charge < -0.3 is 10.2 Å². The first-order valence-corrected chi connectivity index (χ1v) is 7.42. The van der Waals surface area contributed by atoms with Crippen LogP contribution in [-0.4, -0.2) is 23.8 Å². The molecule has 0 radical (unpaired) electrons. The third-order valence-electron chi connectivity index (χ3n) is 4.10. The van der Waals surface area contributed by atoms with Crippen LogP contribution in [0.15, 0.2) is 48.5 Å². The van der Waals surface area contributed by atoms with Crippen molar-refractivity contribution in [1.82, 2.24) is 10.2 Å². The molecule has 0 aromatic heterocycles. The first kappa shape index (κ1) is 15.2. The summed E-state index contributed by atoms with van der Waals surface area (Å²) in [6, 6.07) is 12.8. The topological polar surface area (TPSA) is 49.4 Å². The van der Waals surface area contributed by atoms with E-state index in [2.05, 4.69) is 5.32 Å². The summed E-state index contributed by atoms with van der Waals surface area (Å²) in [6.45, 7) is 0.291. The molecule has 2 amide bonds. The standard InChI is InChI=1S/C18H17FN2O2/c1-21-16(22)10-13-4-2-3-5-15(13)17(21)18(23)20-11-12-6-8-14(19)9-7-12/h2-9,17H,10-11H2,1H3,(H,20,23)/t17-/m0/s1. The van der Waals surface area contributed by atoms with E-state index in [4.69, 9.17) is 0 Å². The highest BCUT2D eigenvalue weighted by Crippen LogP contribution is 2.29. The van der Waals surface area contributed by atoms with Crippen LogP contribution < -0.4 is 5.32 Å². The molecule has 1 aliphatic heterocycles. The van der Waals surface area contributed by atoms with Crippen LogP contribution in [0.2, 0.25) is 0 Å². The SMILES string of the molecule is CN1C(=O)Cc2ccccc2[C@H]1C(=O)NCc1ccc(F)cc1. The number of amides is 2. The molecule has 5 heteroatoms.